The molecule has 1 aliphatic heterocycles. The molecule has 1 unspecified atom stereocenters. The summed E-state index contributed by atoms with van der Waals surface area (Å²) in [4.78, 5) is 43.0. The van der Waals surface area contributed by atoms with Gasteiger partial charge in [0.2, 0.25) is 5.43 Å². The molecule has 12 heteroatoms. The number of nitrogens with one attached hydrogen (secondary N) is 3. The van der Waals surface area contributed by atoms with E-state index in [2.05, 4.69) is 15.6 Å². The number of halogens is 2. The Bertz CT molecular complexity index is 1110. The predicted octanol–water partition coefficient (Wildman–Crippen LogP) is 1.14. The van der Waals surface area contributed by atoms with Crippen LogP contribution < -0.4 is 16.1 Å². The molecule has 0 fully saturated rings. The largest absolute Gasteiger partial charge is 0.503 e. The Kier molecular flexibility index (Phi) is 8.03. The van der Waals surface area contributed by atoms with Crippen molar-refractivity contribution in [1.82, 2.24) is 20.5 Å². The zero-order valence-corrected chi connectivity index (χ0v) is 18.8. The number of carbonyl (C=O) groups is 2. The Morgan fingerprint density at radius 2 is 2.12 bits per heavy atom. The number of aromatic amines is 1. The molecule has 2 amide bonds. The number of carbonyl (C=O) groups excluding carboxylic acids is 2. The minimum atomic E-state index is -1.05. The Morgan fingerprint density at radius 3 is 2.82 bits per heavy atom. The first-order valence-electron chi connectivity index (χ1n) is 10.0. The van der Waals surface area contributed by atoms with Gasteiger partial charge in [-0.3, -0.25) is 19.7 Å². The van der Waals surface area contributed by atoms with E-state index in [0.717, 1.165) is 0 Å². The van der Waals surface area contributed by atoms with Crippen molar-refractivity contribution in [3.05, 3.63) is 61.8 Å². The minimum Gasteiger partial charge on any atom is -0.503 e. The number of pyridine rings is 1. The highest BCUT2D eigenvalue weighted by Crippen LogP contribution is 2.24. The molecule has 2 aromatic rings. The van der Waals surface area contributed by atoms with Crippen LogP contribution in [0.1, 0.15) is 38.2 Å². The Labute approximate surface area is 193 Å². The number of hydrogen-bond donors (Lipinski definition) is 4. The van der Waals surface area contributed by atoms with Gasteiger partial charge >= 0.3 is 0 Å². The van der Waals surface area contributed by atoms with Crippen molar-refractivity contribution in [3.8, 4) is 5.75 Å². The molecule has 10 nitrogen and oxygen atoms in total. The van der Waals surface area contributed by atoms with Crippen LogP contribution in [0.3, 0.4) is 0 Å². The van der Waals surface area contributed by atoms with Gasteiger partial charge in [0.05, 0.1) is 24.0 Å². The number of ether oxygens (including phenoxy) is 2. The summed E-state index contributed by atoms with van der Waals surface area (Å²) >= 11 is 5.77. The van der Waals surface area contributed by atoms with E-state index in [1.54, 1.807) is 0 Å². The molecule has 0 saturated carbocycles. The SMILES string of the molecule is COCCN1CNCC(OC)c2[nH]c(c(O)c(=O)c2C(=O)NCc2cccc(Cl)c2F)C1=O. The quantitative estimate of drug-likeness (QED) is 0.465. The summed E-state index contributed by atoms with van der Waals surface area (Å²) in [5.41, 5.74) is -1.73. The van der Waals surface area contributed by atoms with Crippen LogP contribution in [-0.2, 0) is 16.0 Å². The molecule has 1 aliphatic rings. The average molecular weight is 483 g/mol. The van der Waals surface area contributed by atoms with E-state index in [1.807, 2.05) is 0 Å². The molecule has 2 bridgehead atoms. The lowest BCUT2D eigenvalue weighted by molar-refractivity contribution is 0.0650. The van der Waals surface area contributed by atoms with Gasteiger partial charge in [-0.25, -0.2) is 4.39 Å². The van der Waals surface area contributed by atoms with Crippen LogP contribution in [0.4, 0.5) is 4.39 Å². The highest BCUT2D eigenvalue weighted by atomic mass is 35.5. The highest BCUT2D eigenvalue weighted by Gasteiger charge is 2.32. The van der Waals surface area contributed by atoms with Crippen molar-refractivity contribution in [3.63, 3.8) is 0 Å². The van der Waals surface area contributed by atoms with Gasteiger partial charge in [-0.15, -0.1) is 0 Å². The number of fused-ring (bicyclic) bond motifs is 2. The lowest BCUT2D eigenvalue weighted by atomic mass is 10.0. The summed E-state index contributed by atoms with van der Waals surface area (Å²) in [6, 6.07) is 4.33. The van der Waals surface area contributed by atoms with Gasteiger partial charge in [-0.1, -0.05) is 23.7 Å². The summed E-state index contributed by atoms with van der Waals surface area (Å²) in [5, 5.41) is 15.9. The second-order valence-corrected chi connectivity index (χ2v) is 7.67. The van der Waals surface area contributed by atoms with Gasteiger partial charge in [0.15, 0.2) is 11.4 Å². The predicted molar refractivity (Wildman–Crippen MR) is 117 cm³/mol. The smallest absolute Gasteiger partial charge is 0.275 e. The fourth-order valence-corrected chi connectivity index (χ4v) is 3.62. The second kappa shape index (κ2) is 10.8. The monoisotopic (exact) mass is 482 g/mol. The topological polar surface area (TPSA) is 133 Å². The van der Waals surface area contributed by atoms with Crippen molar-refractivity contribution in [1.29, 1.82) is 0 Å². The number of hydrogen-bond acceptors (Lipinski definition) is 7. The van der Waals surface area contributed by atoms with Gasteiger partial charge in [0.1, 0.15) is 17.5 Å². The second-order valence-electron chi connectivity index (χ2n) is 7.26. The molecular formula is C21H24ClFN4O6. The molecule has 4 N–H and O–H groups in total. The van der Waals surface area contributed by atoms with E-state index >= 15 is 0 Å². The van der Waals surface area contributed by atoms with Gasteiger partial charge in [-0.05, 0) is 6.07 Å². The van der Waals surface area contributed by atoms with Crippen LogP contribution in [0, 0.1) is 5.82 Å². The zero-order chi connectivity index (χ0) is 24.1. The molecule has 0 spiro atoms. The summed E-state index contributed by atoms with van der Waals surface area (Å²) in [6.45, 7) is 0.421. The zero-order valence-electron chi connectivity index (χ0n) is 18.0. The van der Waals surface area contributed by atoms with Crippen LogP contribution >= 0.6 is 11.6 Å². The maximum atomic E-state index is 14.2. The van der Waals surface area contributed by atoms with Gasteiger partial charge in [-0.2, -0.15) is 0 Å². The molecule has 2 heterocycles. The van der Waals surface area contributed by atoms with E-state index in [4.69, 9.17) is 21.1 Å². The van der Waals surface area contributed by atoms with Crippen LogP contribution in [-0.4, -0.2) is 67.4 Å². The normalized spacial score (nSPS) is 16.2. The first kappa shape index (κ1) is 24.6. The summed E-state index contributed by atoms with van der Waals surface area (Å²) in [5.74, 6) is -3.13. The van der Waals surface area contributed by atoms with Crippen molar-refractivity contribution in [2.45, 2.75) is 12.6 Å². The molecule has 0 aliphatic carbocycles. The number of benzene rings is 1. The third-order valence-corrected chi connectivity index (χ3v) is 5.50. The van der Waals surface area contributed by atoms with Gasteiger partial charge in [0, 0.05) is 39.4 Å². The van der Waals surface area contributed by atoms with Crippen LogP contribution in [0.25, 0.3) is 0 Å². The van der Waals surface area contributed by atoms with Crippen molar-refractivity contribution in [2.75, 3.05) is 40.6 Å². The Hall–Kier alpha value is -2.99. The lowest BCUT2D eigenvalue weighted by Crippen LogP contribution is -2.41. The fourth-order valence-electron chi connectivity index (χ4n) is 3.43. The third kappa shape index (κ3) is 5.17. The number of methoxy groups -OCH3 is 2. The molecule has 0 saturated heterocycles. The average Bonchev–Trinajstić information content (AvgIpc) is 2.85. The molecule has 1 aromatic heterocycles. The van der Waals surface area contributed by atoms with Crippen LogP contribution in [0.15, 0.2) is 23.0 Å². The number of H-pyrrole nitrogens is 1. The number of aromatic hydroxyl groups is 1. The van der Waals surface area contributed by atoms with E-state index in [1.165, 1.54) is 37.3 Å². The van der Waals surface area contributed by atoms with E-state index in [-0.39, 0.29) is 54.9 Å². The summed E-state index contributed by atoms with van der Waals surface area (Å²) in [7, 11) is 2.86. The lowest BCUT2D eigenvalue weighted by Gasteiger charge is -2.22. The van der Waals surface area contributed by atoms with E-state index in [9.17, 15) is 23.9 Å². The molecule has 1 atom stereocenters. The minimum absolute atomic E-state index is 0.00816. The molecule has 178 valence electrons. The third-order valence-electron chi connectivity index (χ3n) is 5.21. The number of rotatable bonds is 7. The number of aromatic nitrogens is 1. The number of amides is 2. The fraction of sp³-hybridized carbons (Fsp3) is 0.381. The van der Waals surface area contributed by atoms with Crippen molar-refractivity contribution >= 4 is 23.4 Å². The van der Waals surface area contributed by atoms with Crippen LogP contribution in [0.5, 0.6) is 5.75 Å². The Morgan fingerprint density at radius 1 is 1.36 bits per heavy atom. The maximum absolute atomic E-state index is 14.2. The van der Waals surface area contributed by atoms with Crippen molar-refractivity contribution in [2.24, 2.45) is 0 Å². The van der Waals surface area contributed by atoms with Crippen molar-refractivity contribution < 1.29 is 28.6 Å². The number of nitrogens with zero attached hydrogens (tertiary/aromatic N) is 1. The standard InChI is InChI=1S/C21H24ClFN4O6/c1-32-7-6-27-10-24-9-13(33-2)16-14(18(28)19(29)17(26-16)21(27)31)20(30)25-8-11-4-3-5-12(22)15(11)23/h3-5,13,24,29H,6-10H2,1-2H3,(H,25,30)(H,26,28). The first-order chi connectivity index (χ1) is 15.8. The molecule has 0 radical (unpaired) electrons. The summed E-state index contributed by atoms with van der Waals surface area (Å²) < 4.78 is 24.6. The van der Waals surface area contributed by atoms with Gasteiger partial charge < -0.3 is 29.8 Å². The molecule has 1 aromatic carbocycles. The Balaban J connectivity index is 2.00. The molecule has 3 rings (SSSR count). The van der Waals surface area contributed by atoms with E-state index in [0.29, 0.717) is 0 Å². The molecular weight excluding hydrogens is 459 g/mol. The summed E-state index contributed by atoms with van der Waals surface area (Å²) in [6.07, 6.45) is -0.823. The maximum Gasteiger partial charge on any atom is 0.275 e. The molecule has 33 heavy (non-hydrogen) atoms. The van der Waals surface area contributed by atoms with E-state index < -0.39 is 40.5 Å². The highest BCUT2D eigenvalue weighted by molar-refractivity contribution is 6.30. The first-order valence-corrected chi connectivity index (χ1v) is 10.4. The van der Waals surface area contributed by atoms with Crippen LogP contribution in [0.2, 0.25) is 5.02 Å². The van der Waals surface area contributed by atoms with Gasteiger partial charge in [0.25, 0.3) is 11.8 Å².